The van der Waals surface area contributed by atoms with Gasteiger partial charge in [-0.2, -0.15) is 10.5 Å². The zero-order valence-electron chi connectivity index (χ0n) is 15.1. The van der Waals surface area contributed by atoms with Gasteiger partial charge in [0.2, 0.25) is 0 Å². The van der Waals surface area contributed by atoms with E-state index in [1.165, 1.54) is 0 Å². The second-order valence-electron chi connectivity index (χ2n) is 6.04. The highest BCUT2D eigenvalue weighted by Gasteiger charge is 2.21. The van der Waals surface area contributed by atoms with Crippen LogP contribution < -0.4 is 5.73 Å². The second kappa shape index (κ2) is 8.39. The normalized spacial score (nSPS) is 10.1. The van der Waals surface area contributed by atoms with Gasteiger partial charge >= 0.3 is 0 Å². The summed E-state index contributed by atoms with van der Waals surface area (Å²) in [6, 6.07) is 20.6. The fraction of sp³-hybridized carbons (Fsp3) is 0.0909. The lowest BCUT2D eigenvalue weighted by atomic mass is 9.97. The van der Waals surface area contributed by atoms with Gasteiger partial charge in [-0.15, -0.1) is 0 Å². The Kier molecular flexibility index (Phi) is 5.74. The molecule has 136 valence electrons. The summed E-state index contributed by atoms with van der Waals surface area (Å²) in [5.74, 6) is 0.107. The number of ketones is 1. The first kappa shape index (κ1) is 19.2. The van der Waals surface area contributed by atoms with Gasteiger partial charge in [0.05, 0.1) is 11.3 Å². The molecule has 0 radical (unpaired) electrons. The van der Waals surface area contributed by atoms with Crippen LogP contribution in [0.2, 0.25) is 0 Å². The number of aromatic nitrogens is 1. The number of nitrogens with two attached hydrogens (primary N) is 1. The third-order valence-electron chi connectivity index (χ3n) is 4.26. The lowest BCUT2D eigenvalue weighted by molar-refractivity contribution is 0.102. The Morgan fingerprint density at radius 1 is 1.04 bits per heavy atom. The molecular formula is C22H16N4OS. The van der Waals surface area contributed by atoms with E-state index in [2.05, 4.69) is 11.1 Å². The van der Waals surface area contributed by atoms with Crippen LogP contribution in [0.4, 0.5) is 5.82 Å². The number of carbonyl (C=O) groups is 1. The highest BCUT2D eigenvalue weighted by Crippen LogP contribution is 2.35. The quantitative estimate of drug-likeness (QED) is 0.518. The number of Topliss-reactive ketones (excluding diaryl/α,β-unsaturated/α-hetero) is 1. The van der Waals surface area contributed by atoms with Crippen molar-refractivity contribution in [3.63, 3.8) is 0 Å². The predicted molar refractivity (Wildman–Crippen MR) is 110 cm³/mol. The van der Waals surface area contributed by atoms with Crippen LogP contribution in [0.3, 0.4) is 0 Å². The average Bonchev–Trinajstić information content (AvgIpc) is 2.72. The second-order valence-corrected chi connectivity index (χ2v) is 7.01. The van der Waals surface area contributed by atoms with Crippen LogP contribution >= 0.6 is 11.8 Å². The fourth-order valence-electron chi connectivity index (χ4n) is 2.89. The molecule has 0 fully saturated rings. The standard InChI is InChI=1S/C22H16N4OS/c1-14-7-5-6-10-16(14)19(27)13-28-22-18(12-24)20(15-8-3-2-4-9-15)17(11-23)21(25)26-22/h2-10H,13H2,1H3,(H2,25,26). The molecule has 0 aliphatic rings. The molecule has 2 N–H and O–H groups in total. The maximum atomic E-state index is 12.6. The Morgan fingerprint density at radius 2 is 1.68 bits per heavy atom. The number of rotatable bonds is 5. The maximum Gasteiger partial charge on any atom is 0.173 e. The largest absolute Gasteiger partial charge is 0.383 e. The topological polar surface area (TPSA) is 104 Å². The third kappa shape index (κ3) is 3.73. The number of nitriles is 2. The summed E-state index contributed by atoms with van der Waals surface area (Å²) < 4.78 is 0. The highest BCUT2D eigenvalue weighted by atomic mass is 32.2. The summed E-state index contributed by atoms with van der Waals surface area (Å²) in [6.45, 7) is 1.88. The maximum absolute atomic E-state index is 12.6. The summed E-state index contributed by atoms with van der Waals surface area (Å²) >= 11 is 1.15. The predicted octanol–water partition coefficient (Wildman–Crippen LogP) is 4.36. The molecule has 0 spiro atoms. The molecule has 0 bridgehead atoms. The number of carbonyl (C=O) groups excluding carboxylic acids is 1. The number of pyridine rings is 1. The molecule has 0 aliphatic carbocycles. The number of hydrogen-bond acceptors (Lipinski definition) is 6. The van der Waals surface area contributed by atoms with Crippen LogP contribution in [0.1, 0.15) is 27.0 Å². The third-order valence-corrected chi connectivity index (χ3v) is 5.24. The number of hydrogen-bond donors (Lipinski definition) is 1. The minimum atomic E-state index is -0.0574. The Hall–Kier alpha value is -3.61. The van der Waals surface area contributed by atoms with Crippen LogP contribution in [-0.2, 0) is 0 Å². The van der Waals surface area contributed by atoms with Gasteiger partial charge in [-0.3, -0.25) is 4.79 Å². The molecule has 3 aromatic rings. The van der Waals surface area contributed by atoms with E-state index in [4.69, 9.17) is 5.73 Å². The van der Waals surface area contributed by atoms with E-state index in [9.17, 15) is 15.3 Å². The van der Waals surface area contributed by atoms with Gasteiger partial charge in [-0.1, -0.05) is 66.4 Å². The number of benzene rings is 2. The van der Waals surface area contributed by atoms with Crippen molar-refractivity contribution in [1.29, 1.82) is 10.5 Å². The van der Waals surface area contributed by atoms with Crippen molar-refractivity contribution in [3.8, 4) is 23.3 Å². The summed E-state index contributed by atoms with van der Waals surface area (Å²) in [7, 11) is 0. The van der Waals surface area contributed by atoms with Crippen LogP contribution in [0.5, 0.6) is 0 Å². The van der Waals surface area contributed by atoms with E-state index in [1.54, 1.807) is 6.07 Å². The van der Waals surface area contributed by atoms with Gasteiger partial charge in [-0.05, 0) is 18.1 Å². The summed E-state index contributed by atoms with van der Waals surface area (Å²) in [5.41, 5.74) is 9.09. The summed E-state index contributed by atoms with van der Waals surface area (Å²) in [6.07, 6.45) is 0. The minimum Gasteiger partial charge on any atom is -0.383 e. The van der Waals surface area contributed by atoms with Gasteiger partial charge < -0.3 is 5.73 Å². The molecule has 1 heterocycles. The van der Waals surface area contributed by atoms with E-state index in [0.29, 0.717) is 21.7 Å². The smallest absolute Gasteiger partial charge is 0.173 e. The molecule has 5 nitrogen and oxygen atoms in total. The Balaban J connectivity index is 2.02. The molecule has 1 aromatic heterocycles. The van der Waals surface area contributed by atoms with E-state index in [0.717, 1.165) is 17.3 Å². The zero-order valence-corrected chi connectivity index (χ0v) is 16.0. The Labute approximate surface area is 167 Å². The monoisotopic (exact) mass is 384 g/mol. The van der Waals surface area contributed by atoms with E-state index >= 15 is 0 Å². The van der Waals surface area contributed by atoms with Gasteiger partial charge in [0.15, 0.2) is 5.78 Å². The SMILES string of the molecule is Cc1ccccc1C(=O)CSc1nc(N)c(C#N)c(-c2ccccc2)c1C#N. The van der Waals surface area contributed by atoms with Gasteiger partial charge in [0.1, 0.15) is 28.5 Å². The summed E-state index contributed by atoms with van der Waals surface area (Å²) in [4.78, 5) is 16.8. The first-order chi connectivity index (χ1) is 13.6. The number of nitrogens with zero attached hydrogens (tertiary/aromatic N) is 3. The number of aryl methyl sites for hydroxylation is 1. The molecule has 0 amide bonds. The molecule has 0 aliphatic heterocycles. The molecule has 6 heteroatoms. The molecule has 0 atom stereocenters. The van der Waals surface area contributed by atoms with Gasteiger partial charge in [0.25, 0.3) is 0 Å². The van der Waals surface area contributed by atoms with Crippen molar-refractivity contribution in [2.75, 3.05) is 11.5 Å². The van der Waals surface area contributed by atoms with Crippen molar-refractivity contribution < 1.29 is 4.79 Å². The molecule has 0 saturated carbocycles. The first-order valence-electron chi connectivity index (χ1n) is 8.47. The van der Waals surface area contributed by atoms with Crippen molar-refractivity contribution in [3.05, 3.63) is 76.9 Å². The van der Waals surface area contributed by atoms with E-state index in [1.807, 2.05) is 61.5 Å². The molecule has 0 unspecified atom stereocenters. The molecular weight excluding hydrogens is 368 g/mol. The highest BCUT2D eigenvalue weighted by molar-refractivity contribution is 8.00. The van der Waals surface area contributed by atoms with Crippen molar-refractivity contribution in [2.45, 2.75) is 11.9 Å². The molecule has 28 heavy (non-hydrogen) atoms. The van der Waals surface area contributed by atoms with Crippen LogP contribution in [0.25, 0.3) is 11.1 Å². The number of nitrogen functional groups attached to an aromatic ring is 1. The lowest BCUT2D eigenvalue weighted by Crippen LogP contribution is -2.07. The van der Waals surface area contributed by atoms with Crippen LogP contribution in [0.15, 0.2) is 59.6 Å². The van der Waals surface area contributed by atoms with E-state index in [-0.39, 0.29) is 28.5 Å². The first-order valence-corrected chi connectivity index (χ1v) is 9.46. The average molecular weight is 384 g/mol. The summed E-state index contributed by atoms with van der Waals surface area (Å²) in [5, 5.41) is 19.6. The number of anilines is 1. The lowest BCUT2D eigenvalue weighted by Gasteiger charge is -2.13. The van der Waals surface area contributed by atoms with Gasteiger partial charge in [0, 0.05) is 11.1 Å². The van der Waals surface area contributed by atoms with Crippen molar-refractivity contribution in [1.82, 2.24) is 4.98 Å². The molecule has 3 rings (SSSR count). The Bertz CT molecular complexity index is 1130. The molecule has 0 saturated heterocycles. The fourth-order valence-corrected chi connectivity index (χ4v) is 3.77. The van der Waals surface area contributed by atoms with Crippen molar-refractivity contribution >= 4 is 23.4 Å². The van der Waals surface area contributed by atoms with Crippen LogP contribution in [-0.4, -0.2) is 16.5 Å². The molecule has 2 aromatic carbocycles. The van der Waals surface area contributed by atoms with Crippen molar-refractivity contribution in [2.24, 2.45) is 0 Å². The number of thioether (sulfide) groups is 1. The Morgan fingerprint density at radius 3 is 2.32 bits per heavy atom. The van der Waals surface area contributed by atoms with Gasteiger partial charge in [-0.25, -0.2) is 4.98 Å². The van der Waals surface area contributed by atoms with Crippen LogP contribution in [0, 0.1) is 29.6 Å². The van der Waals surface area contributed by atoms with E-state index < -0.39 is 0 Å². The zero-order chi connectivity index (χ0) is 20.1. The minimum absolute atomic E-state index is 0.0474.